The fourth-order valence-electron chi connectivity index (χ4n) is 1.06. The summed E-state index contributed by atoms with van der Waals surface area (Å²) < 4.78 is 42.3. The van der Waals surface area contributed by atoms with Crippen LogP contribution in [0.3, 0.4) is 0 Å². The monoisotopic (exact) mass is 278 g/mol. The van der Waals surface area contributed by atoms with Crippen LogP contribution in [0.15, 0.2) is 23.6 Å². The molecule has 0 unspecified atom stereocenters. The molecule has 0 aromatic carbocycles. The van der Waals surface area contributed by atoms with Crippen LogP contribution in [0.2, 0.25) is 0 Å². The molecule has 2 aromatic heterocycles. The molecule has 0 spiro atoms. The van der Waals surface area contributed by atoms with Gasteiger partial charge in [-0.05, 0) is 29.7 Å². The largest absolute Gasteiger partial charge is 0.431 e. The van der Waals surface area contributed by atoms with Crippen LogP contribution in [0.25, 0.3) is 0 Å². The molecule has 8 heteroatoms. The van der Waals surface area contributed by atoms with E-state index in [-0.39, 0.29) is 10.7 Å². The van der Waals surface area contributed by atoms with Crippen LogP contribution in [-0.2, 0) is 6.18 Å². The Balaban J connectivity index is 2.36. The third-order valence-electron chi connectivity index (χ3n) is 1.73. The van der Waals surface area contributed by atoms with Gasteiger partial charge in [0.1, 0.15) is 5.69 Å². The van der Waals surface area contributed by atoms with Gasteiger partial charge in [-0.15, -0.1) is 11.3 Å². The molecule has 2 rings (SSSR count). The van der Waals surface area contributed by atoms with Gasteiger partial charge in [0.05, 0.1) is 0 Å². The first-order valence-corrected chi connectivity index (χ1v) is 5.64. The van der Waals surface area contributed by atoms with Gasteiger partial charge in [-0.2, -0.15) is 18.2 Å². The van der Waals surface area contributed by atoms with Crippen molar-refractivity contribution in [3.63, 3.8) is 0 Å². The lowest BCUT2D eigenvalue weighted by atomic mass is 10.4. The number of halogens is 3. The first kappa shape index (κ1) is 12.1. The summed E-state index contributed by atoms with van der Waals surface area (Å²) >= 11 is 5.86. The Labute approximate surface area is 103 Å². The summed E-state index contributed by atoms with van der Waals surface area (Å²) in [5.41, 5.74) is -0.982. The second-order valence-electron chi connectivity index (χ2n) is 2.97. The molecule has 0 radical (unpaired) electrons. The first-order chi connectivity index (χ1) is 7.95. The molecular weight excluding hydrogens is 273 g/mol. The molecule has 0 saturated heterocycles. The van der Waals surface area contributed by atoms with E-state index < -0.39 is 11.9 Å². The van der Waals surface area contributed by atoms with Gasteiger partial charge >= 0.3 is 6.18 Å². The molecule has 0 aliphatic carbocycles. The van der Waals surface area contributed by atoms with Gasteiger partial charge in [-0.1, -0.05) is 0 Å². The minimum absolute atomic E-state index is 0.177. The van der Waals surface area contributed by atoms with E-state index in [2.05, 4.69) is 17.2 Å². The SMILES string of the molecule is FC(F)(F)c1cc(Oc2cccs2)nc(=S)[nH]1. The number of nitrogens with one attached hydrogen (secondary N) is 1. The number of H-pyrrole nitrogens is 1. The van der Waals surface area contributed by atoms with E-state index in [9.17, 15) is 13.2 Å². The van der Waals surface area contributed by atoms with Crippen molar-refractivity contribution in [2.24, 2.45) is 0 Å². The lowest BCUT2D eigenvalue weighted by Crippen LogP contribution is -2.09. The maximum Gasteiger partial charge on any atom is 0.431 e. The van der Waals surface area contributed by atoms with Crippen LogP contribution >= 0.6 is 23.6 Å². The Morgan fingerprint density at radius 3 is 2.76 bits per heavy atom. The fourth-order valence-corrected chi connectivity index (χ4v) is 1.85. The van der Waals surface area contributed by atoms with Crippen molar-refractivity contribution in [3.05, 3.63) is 34.0 Å². The predicted octanol–water partition coefficient (Wildman–Crippen LogP) is 4.01. The zero-order valence-corrected chi connectivity index (χ0v) is 9.75. The highest BCUT2D eigenvalue weighted by Gasteiger charge is 2.32. The summed E-state index contributed by atoms with van der Waals surface area (Å²) in [5, 5.41) is 2.19. The van der Waals surface area contributed by atoms with Crippen molar-refractivity contribution in [1.82, 2.24) is 9.97 Å². The van der Waals surface area contributed by atoms with Crippen molar-refractivity contribution in [2.75, 3.05) is 0 Å². The number of nitrogens with zero attached hydrogens (tertiary/aromatic N) is 1. The summed E-state index contributed by atoms with van der Waals surface area (Å²) in [5.74, 6) is -0.177. The van der Waals surface area contributed by atoms with E-state index in [1.807, 2.05) is 4.98 Å². The number of aromatic amines is 1. The number of aromatic nitrogens is 2. The zero-order chi connectivity index (χ0) is 12.5. The number of hydrogen-bond acceptors (Lipinski definition) is 4. The van der Waals surface area contributed by atoms with Gasteiger partial charge in [0, 0.05) is 6.07 Å². The molecule has 0 saturated carbocycles. The van der Waals surface area contributed by atoms with E-state index in [1.54, 1.807) is 17.5 Å². The zero-order valence-electron chi connectivity index (χ0n) is 8.12. The molecule has 17 heavy (non-hydrogen) atoms. The molecule has 0 atom stereocenters. The highest BCUT2D eigenvalue weighted by Crippen LogP contribution is 2.31. The minimum Gasteiger partial charge on any atom is -0.428 e. The Kier molecular flexibility index (Phi) is 3.16. The smallest absolute Gasteiger partial charge is 0.428 e. The first-order valence-electron chi connectivity index (χ1n) is 4.35. The van der Waals surface area contributed by atoms with E-state index in [0.717, 1.165) is 6.07 Å². The predicted molar refractivity (Wildman–Crippen MR) is 58.8 cm³/mol. The summed E-state index contributed by atoms with van der Waals surface area (Å²) in [6.45, 7) is 0. The summed E-state index contributed by atoms with van der Waals surface area (Å²) in [4.78, 5) is 5.64. The molecule has 0 bridgehead atoms. The summed E-state index contributed by atoms with van der Waals surface area (Å²) in [7, 11) is 0. The maximum absolute atomic E-state index is 12.5. The van der Waals surface area contributed by atoms with Gasteiger partial charge < -0.3 is 9.72 Å². The van der Waals surface area contributed by atoms with Crippen molar-refractivity contribution < 1.29 is 17.9 Å². The third-order valence-corrected chi connectivity index (χ3v) is 2.67. The number of rotatable bonds is 2. The molecule has 90 valence electrons. The topological polar surface area (TPSA) is 37.9 Å². The molecule has 0 aliphatic heterocycles. The number of ether oxygens (including phenoxy) is 1. The Bertz CT molecular complexity index is 562. The number of hydrogen-bond donors (Lipinski definition) is 1. The average Bonchev–Trinajstić information content (AvgIpc) is 2.68. The Morgan fingerprint density at radius 2 is 2.18 bits per heavy atom. The lowest BCUT2D eigenvalue weighted by molar-refractivity contribution is -0.141. The molecule has 0 amide bonds. The van der Waals surface area contributed by atoms with Gasteiger partial charge in [0.15, 0.2) is 5.06 Å². The average molecular weight is 278 g/mol. The van der Waals surface area contributed by atoms with Crippen LogP contribution in [0.1, 0.15) is 5.69 Å². The molecule has 1 N–H and O–H groups in total. The van der Waals surface area contributed by atoms with Crippen molar-refractivity contribution >= 4 is 23.6 Å². The molecule has 2 aromatic rings. The second kappa shape index (κ2) is 4.46. The molecular formula is C9H5F3N2OS2. The van der Waals surface area contributed by atoms with Gasteiger partial charge in [0.25, 0.3) is 0 Å². The molecule has 0 aliphatic rings. The number of alkyl halides is 3. The Hall–Kier alpha value is -1.41. The van der Waals surface area contributed by atoms with Crippen molar-refractivity contribution in [1.29, 1.82) is 0 Å². The standard InChI is InChI=1S/C9H5F3N2OS2/c10-9(11,12)5-4-6(14-8(16)13-5)15-7-2-1-3-17-7/h1-4H,(H,13,14,16). The van der Waals surface area contributed by atoms with E-state index in [0.29, 0.717) is 5.06 Å². The highest BCUT2D eigenvalue weighted by atomic mass is 32.1. The highest BCUT2D eigenvalue weighted by molar-refractivity contribution is 7.71. The van der Waals surface area contributed by atoms with Crippen LogP contribution in [0.4, 0.5) is 13.2 Å². The number of thiophene rings is 1. The molecule has 2 heterocycles. The second-order valence-corrected chi connectivity index (χ2v) is 4.27. The molecule has 3 nitrogen and oxygen atoms in total. The van der Waals surface area contributed by atoms with E-state index >= 15 is 0 Å². The Morgan fingerprint density at radius 1 is 1.41 bits per heavy atom. The van der Waals surface area contributed by atoms with Crippen LogP contribution in [0, 0.1) is 4.77 Å². The van der Waals surface area contributed by atoms with E-state index in [4.69, 9.17) is 4.74 Å². The van der Waals surface area contributed by atoms with Crippen LogP contribution in [-0.4, -0.2) is 9.97 Å². The normalized spacial score (nSPS) is 11.5. The lowest BCUT2D eigenvalue weighted by Gasteiger charge is -2.08. The minimum atomic E-state index is -4.51. The van der Waals surface area contributed by atoms with Gasteiger partial charge in [-0.3, -0.25) is 0 Å². The summed E-state index contributed by atoms with van der Waals surface area (Å²) in [6.07, 6.45) is -4.51. The van der Waals surface area contributed by atoms with Gasteiger partial charge in [-0.25, -0.2) is 0 Å². The van der Waals surface area contributed by atoms with Crippen LogP contribution in [0.5, 0.6) is 10.9 Å². The van der Waals surface area contributed by atoms with Gasteiger partial charge in [0.2, 0.25) is 10.7 Å². The quantitative estimate of drug-likeness (QED) is 0.843. The maximum atomic E-state index is 12.5. The third kappa shape index (κ3) is 3.04. The van der Waals surface area contributed by atoms with Crippen LogP contribution < -0.4 is 4.74 Å². The van der Waals surface area contributed by atoms with Crippen molar-refractivity contribution in [3.8, 4) is 10.9 Å². The summed E-state index contributed by atoms with van der Waals surface area (Å²) in [6, 6.07) is 4.11. The van der Waals surface area contributed by atoms with E-state index in [1.165, 1.54) is 11.3 Å². The fraction of sp³-hybridized carbons (Fsp3) is 0.111. The van der Waals surface area contributed by atoms with Crippen molar-refractivity contribution in [2.45, 2.75) is 6.18 Å². The molecule has 0 fully saturated rings.